The normalized spacial score (nSPS) is 11.2. The van der Waals surface area contributed by atoms with Crippen molar-refractivity contribution in [2.24, 2.45) is 0 Å². The summed E-state index contributed by atoms with van der Waals surface area (Å²) in [6.07, 6.45) is 1.19. The molecule has 3 nitrogen and oxygen atoms in total. The molecule has 0 fully saturated rings. The summed E-state index contributed by atoms with van der Waals surface area (Å²) in [6.45, 7) is 3.69. The number of rotatable bonds is 2. The Labute approximate surface area is 108 Å². The number of carbonyl (C=O) groups is 1. The molecule has 0 saturated carbocycles. The molecule has 0 atom stereocenters. The molecular formula is C13H11ClFNO2. The molecule has 0 aliphatic carbocycles. The number of pyridine rings is 1. The minimum Gasteiger partial charge on any atom is -0.478 e. The van der Waals surface area contributed by atoms with Gasteiger partial charge in [0, 0.05) is 16.6 Å². The van der Waals surface area contributed by atoms with Crippen LogP contribution in [0.4, 0.5) is 4.39 Å². The van der Waals surface area contributed by atoms with Gasteiger partial charge in [0.25, 0.3) is 0 Å². The average molecular weight is 268 g/mol. The van der Waals surface area contributed by atoms with Crippen molar-refractivity contribution in [3.05, 3.63) is 40.3 Å². The van der Waals surface area contributed by atoms with E-state index in [9.17, 15) is 9.18 Å². The number of carboxylic acid groups (broad SMARTS) is 1. The molecule has 5 heteroatoms. The van der Waals surface area contributed by atoms with Gasteiger partial charge in [-0.2, -0.15) is 0 Å². The zero-order valence-corrected chi connectivity index (χ0v) is 10.6. The van der Waals surface area contributed by atoms with Crippen LogP contribution in [0.5, 0.6) is 0 Å². The molecule has 18 heavy (non-hydrogen) atoms. The second kappa shape index (κ2) is 4.53. The molecule has 2 rings (SSSR count). The van der Waals surface area contributed by atoms with Crippen molar-refractivity contribution >= 4 is 28.5 Å². The minimum atomic E-state index is -1.08. The predicted octanol–water partition coefficient (Wildman–Crippen LogP) is 3.85. The third-order valence-corrected chi connectivity index (χ3v) is 2.96. The van der Waals surface area contributed by atoms with Crippen LogP contribution in [-0.2, 0) is 0 Å². The van der Waals surface area contributed by atoms with Crippen molar-refractivity contribution in [3.8, 4) is 0 Å². The second-order valence-corrected chi connectivity index (χ2v) is 4.77. The van der Waals surface area contributed by atoms with E-state index >= 15 is 0 Å². The number of benzene rings is 1. The molecule has 94 valence electrons. The van der Waals surface area contributed by atoms with Gasteiger partial charge in [0.05, 0.1) is 5.56 Å². The number of carboxylic acids is 1. The lowest BCUT2D eigenvalue weighted by Gasteiger charge is -2.13. The zero-order valence-electron chi connectivity index (χ0n) is 9.87. The molecule has 1 aromatic heterocycles. The van der Waals surface area contributed by atoms with Gasteiger partial charge in [-0.05, 0) is 23.6 Å². The summed E-state index contributed by atoms with van der Waals surface area (Å²) in [5, 5.41) is 9.83. The van der Waals surface area contributed by atoms with Crippen molar-refractivity contribution in [2.75, 3.05) is 0 Å². The largest absolute Gasteiger partial charge is 0.478 e. The Morgan fingerprint density at radius 2 is 2.11 bits per heavy atom. The van der Waals surface area contributed by atoms with E-state index in [0.29, 0.717) is 10.9 Å². The van der Waals surface area contributed by atoms with Crippen LogP contribution in [0.3, 0.4) is 0 Å². The molecular weight excluding hydrogens is 257 g/mol. The van der Waals surface area contributed by atoms with E-state index in [4.69, 9.17) is 16.7 Å². The Morgan fingerprint density at radius 3 is 2.67 bits per heavy atom. The van der Waals surface area contributed by atoms with Crippen molar-refractivity contribution < 1.29 is 14.3 Å². The zero-order chi connectivity index (χ0) is 13.4. The van der Waals surface area contributed by atoms with E-state index in [1.165, 1.54) is 12.3 Å². The van der Waals surface area contributed by atoms with Crippen LogP contribution in [0.2, 0.25) is 5.02 Å². The van der Waals surface area contributed by atoms with Gasteiger partial charge in [-0.1, -0.05) is 25.4 Å². The number of hydrogen-bond donors (Lipinski definition) is 1. The van der Waals surface area contributed by atoms with Gasteiger partial charge in [0.1, 0.15) is 5.52 Å². The molecule has 0 spiro atoms. The molecule has 0 unspecified atom stereocenters. The van der Waals surface area contributed by atoms with Crippen LogP contribution in [0.25, 0.3) is 10.9 Å². The molecule has 1 heterocycles. The summed E-state index contributed by atoms with van der Waals surface area (Å²) in [7, 11) is 0. The first kappa shape index (κ1) is 12.8. The number of fused-ring (bicyclic) bond motifs is 1. The van der Waals surface area contributed by atoms with E-state index < -0.39 is 11.8 Å². The summed E-state index contributed by atoms with van der Waals surface area (Å²) < 4.78 is 13.7. The Bertz CT molecular complexity index is 640. The molecule has 0 saturated heterocycles. The highest BCUT2D eigenvalue weighted by Crippen LogP contribution is 2.31. The fourth-order valence-corrected chi connectivity index (χ4v) is 2.24. The minimum absolute atomic E-state index is 0.0699. The summed E-state index contributed by atoms with van der Waals surface area (Å²) in [5.74, 6) is -1.69. The fourth-order valence-electron chi connectivity index (χ4n) is 2.04. The number of nitrogens with zero attached hydrogens (tertiary/aromatic N) is 1. The first-order valence-corrected chi connectivity index (χ1v) is 5.80. The molecule has 0 radical (unpaired) electrons. The lowest BCUT2D eigenvalue weighted by Crippen LogP contribution is -2.06. The average Bonchev–Trinajstić information content (AvgIpc) is 2.26. The lowest BCUT2D eigenvalue weighted by molar-refractivity contribution is 0.0695. The summed E-state index contributed by atoms with van der Waals surface area (Å²) in [5.41, 5.74) is 0.779. The highest BCUT2D eigenvalue weighted by atomic mass is 35.5. The third kappa shape index (κ3) is 2.04. The number of hydrogen-bond acceptors (Lipinski definition) is 2. The van der Waals surface area contributed by atoms with E-state index in [1.807, 2.05) is 13.8 Å². The van der Waals surface area contributed by atoms with Crippen molar-refractivity contribution in [3.63, 3.8) is 0 Å². The van der Waals surface area contributed by atoms with E-state index in [1.54, 1.807) is 6.07 Å². The summed E-state index contributed by atoms with van der Waals surface area (Å²) in [6, 6.07) is 2.72. The van der Waals surface area contributed by atoms with Crippen LogP contribution in [0.1, 0.15) is 35.7 Å². The quantitative estimate of drug-likeness (QED) is 0.899. The molecule has 1 aromatic carbocycles. The highest BCUT2D eigenvalue weighted by molar-refractivity contribution is 6.31. The monoisotopic (exact) mass is 267 g/mol. The Balaban J connectivity index is 2.93. The standard InChI is InChI=1S/C13H11ClFNO2/c1-6(2)11-8-3-7(14)4-10(15)12(8)16-5-9(11)13(17)18/h3-6H,1-2H3,(H,17,18). The van der Waals surface area contributed by atoms with Gasteiger partial charge >= 0.3 is 5.97 Å². The van der Waals surface area contributed by atoms with E-state index in [0.717, 1.165) is 0 Å². The summed E-state index contributed by atoms with van der Waals surface area (Å²) in [4.78, 5) is 15.0. The SMILES string of the molecule is CC(C)c1c(C(=O)O)cnc2c(F)cc(Cl)cc12. The van der Waals surface area contributed by atoms with Gasteiger partial charge in [-0.15, -0.1) is 0 Å². The van der Waals surface area contributed by atoms with E-state index in [2.05, 4.69) is 4.98 Å². The molecule has 2 aromatic rings. The maximum Gasteiger partial charge on any atom is 0.337 e. The smallest absolute Gasteiger partial charge is 0.337 e. The third-order valence-electron chi connectivity index (χ3n) is 2.74. The van der Waals surface area contributed by atoms with Gasteiger partial charge in [-0.25, -0.2) is 9.18 Å². The molecule has 0 amide bonds. The van der Waals surface area contributed by atoms with Crippen LogP contribution in [-0.4, -0.2) is 16.1 Å². The Morgan fingerprint density at radius 1 is 1.44 bits per heavy atom. The van der Waals surface area contributed by atoms with Gasteiger partial charge in [0.15, 0.2) is 5.82 Å². The lowest BCUT2D eigenvalue weighted by atomic mass is 9.94. The van der Waals surface area contributed by atoms with Crippen molar-refractivity contribution in [1.29, 1.82) is 0 Å². The van der Waals surface area contributed by atoms with Crippen LogP contribution < -0.4 is 0 Å². The van der Waals surface area contributed by atoms with Gasteiger partial charge in [-0.3, -0.25) is 4.98 Å². The Hall–Kier alpha value is -1.68. The maximum absolute atomic E-state index is 13.7. The highest BCUT2D eigenvalue weighted by Gasteiger charge is 2.19. The van der Waals surface area contributed by atoms with E-state index in [-0.39, 0.29) is 22.0 Å². The van der Waals surface area contributed by atoms with Gasteiger partial charge < -0.3 is 5.11 Å². The maximum atomic E-state index is 13.7. The van der Waals surface area contributed by atoms with Crippen molar-refractivity contribution in [2.45, 2.75) is 19.8 Å². The first-order valence-electron chi connectivity index (χ1n) is 5.42. The molecule has 1 N–H and O–H groups in total. The number of aromatic carboxylic acids is 1. The fraction of sp³-hybridized carbons (Fsp3) is 0.231. The predicted molar refractivity (Wildman–Crippen MR) is 67.8 cm³/mol. The number of halogens is 2. The number of aromatic nitrogens is 1. The second-order valence-electron chi connectivity index (χ2n) is 4.33. The van der Waals surface area contributed by atoms with Crippen LogP contribution in [0.15, 0.2) is 18.3 Å². The molecule has 0 aliphatic heterocycles. The van der Waals surface area contributed by atoms with Gasteiger partial charge in [0.2, 0.25) is 0 Å². The van der Waals surface area contributed by atoms with Crippen LogP contribution >= 0.6 is 11.6 Å². The first-order chi connectivity index (χ1) is 8.41. The van der Waals surface area contributed by atoms with Crippen molar-refractivity contribution in [1.82, 2.24) is 4.98 Å². The topological polar surface area (TPSA) is 50.2 Å². The Kier molecular flexibility index (Phi) is 3.22. The van der Waals surface area contributed by atoms with Crippen LogP contribution in [0, 0.1) is 5.82 Å². The molecule has 0 aliphatic rings. The molecule has 0 bridgehead atoms. The summed E-state index contributed by atoms with van der Waals surface area (Å²) >= 11 is 5.82.